The van der Waals surface area contributed by atoms with E-state index in [0.717, 1.165) is 44.9 Å². The van der Waals surface area contributed by atoms with Crippen molar-refractivity contribution in [2.24, 2.45) is 0 Å². The molecule has 0 bridgehead atoms. The van der Waals surface area contributed by atoms with Gasteiger partial charge in [0, 0.05) is 12.8 Å². The minimum absolute atomic E-state index is 0.0105. The molecule has 0 aromatic heterocycles. The number of unbranched alkanes of at least 4 members (excludes halogenated alkanes) is 52. The number of allylic oxidation sites excluding steroid dienone is 4. The maximum Gasteiger partial charge on any atom is 0.305 e. The van der Waals surface area contributed by atoms with E-state index in [1.54, 1.807) is 0 Å². The van der Waals surface area contributed by atoms with Crippen LogP contribution in [-0.4, -0.2) is 47.4 Å². The summed E-state index contributed by atoms with van der Waals surface area (Å²) in [5, 5.41) is 23.4. The highest BCUT2D eigenvalue weighted by atomic mass is 16.5. The van der Waals surface area contributed by atoms with Crippen molar-refractivity contribution in [2.45, 2.75) is 411 Å². The van der Waals surface area contributed by atoms with Crippen molar-refractivity contribution in [3.8, 4) is 0 Å². The van der Waals surface area contributed by atoms with Crippen molar-refractivity contribution in [3.05, 3.63) is 24.3 Å². The van der Waals surface area contributed by atoms with E-state index in [1.807, 2.05) is 0 Å². The van der Waals surface area contributed by atoms with Gasteiger partial charge in [0.2, 0.25) is 5.91 Å². The zero-order chi connectivity index (χ0) is 56.4. The van der Waals surface area contributed by atoms with Crippen molar-refractivity contribution in [1.82, 2.24) is 5.32 Å². The molecular weight excluding hydrogens is 959 g/mol. The van der Waals surface area contributed by atoms with Crippen LogP contribution in [0.2, 0.25) is 0 Å². The van der Waals surface area contributed by atoms with E-state index >= 15 is 0 Å². The lowest BCUT2D eigenvalue weighted by atomic mass is 10.0. The smallest absolute Gasteiger partial charge is 0.305 e. The summed E-state index contributed by atoms with van der Waals surface area (Å²) in [6.45, 7) is 4.98. The molecule has 0 saturated heterocycles. The first-order valence-corrected chi connectivity index (χ1v) is 35.6. The predicted octanol–water partition coefficient (Wildman–Crippen LogP) is 22.9. The van der Waals surface area contributed by atoms with E-state index in [0.29, 0.717) is 25.9 Å². The molecule has 78 heavy (non-hydrogen) atoms. The number of esters is 1. The van der Waals surface area contributed by atoms with Crippen molar-refractivity contribution in [2.75, 3.05) is 13.2 Å². The molecule has 0 heterocycles. The molecule has 2 unspecified atom stereocenters. The Bertz CT molecular complexity index is 1220. The first kappa shape index (κ1) is 76.3. The third-order valence-electron chi connectivity index (χ3n) is 16.8. The molecule has 6 heteroatoms. The third kappa shape index (κ3) is 63.5. The van der Waals surface area contributed by atoms with Crippen molar-refractivity contribution >= 4 is 11.9 Å². The number of nitrogens with one attached hydrogen (secondary N) is 1. The highest BCUT2D eigenvalue weighted by Gasteiger charge is 2.20. The lowest BCUT2D eigenvalue weighted by Crippen LogP contribution is -2.45. The number of ether oxygens (including phenoxy) is 1. The molecule has 6 nitrogen and oxygen atoms in total. The fourth-order valence-electron chi connectivity index (χ4n) is 11.3. The zero-order valence-electron chi connectivity index (χ0n) is 52.9. The second-order valence-electron chi connectivity index (χ2n) is 24.6. The molecular formula is C72H139NO5. The average Bonchev–Trinajstić information content (AvgIpc) is 3.44. The van der Waals surface area contributed by atoms with E-state index in [2.05, 4.69) is 43.5 Å². The molecule has 2 atom stereocenters. The van der Waals surface area contributed by atoms with E-state index in [-0.39, 0.29) is 18.5 Å². The van der Waals surface area contributed by atoms with Gasteiger partial charge in [0.1, 0.15) is 0 Å². The average molecular weight is 1100 g/mol. The maximum atomic E-state index is 12.6. The molecule has 0 rings (SSSR count). The van der Waals surface area contributed by atoms with E-state index in [1.165, 1.54) is 321 Å². The highest BCUT2D eigenvalue weighted by Crippen LogP contribution is 2.19. The summed E-state index contributed by atoms with van der Waals surface area (Å²) in [5.74, 6) is -0.0258. The minimum atomic E-state index is -0.670. The molecule has 3 N–H and O–H groups in total. The van der Waals surface area contributed by atoms with Crippen molar-refractivity contribution in [1.29, 1.82) is 0 Å². The van der Waals surface area contributed by atoms with Crippen LogP contribution in [0.1, 0.15) is 399 Å². The molecule has 0 aromatic carbocycles. The highest BCUT2D eigenvalue weighted by molar-refractivity contribution is 5.76. The van der Waals surface area contributed by atoms with Gasteiger partial charge in [-0.1, -0.05) is 353 Å². The molecule has 0 aliphatic carbocycles. The number of rotatable bonds is 67. The van der Waals surface area contributed by atoms with Gasteiger partial charge in [-0.25, -0.2) is 0 Å². The number of aliphatic hydroxyl groups excluding tert-OH is 2. The largest absolute Gasteiger partial charge is 0.466 e. The number of aliphatic hydroxyl groups is 2. The summed E-state index contributed by atoms with van der Waals surface area (Å²) in [5.41, 5.74) is 0. The lowest BCUT2D eigenvalue weighted by Gasteiger charge is -2.22. The van der Waals surface area contributed by atoms with Crippen LogP contribution in [0, 0.1) is 0 Å². The Morgan fingerprint density at radius 2 is 0.641 bits per heavy atom. The van der Waals surface area contributed by atoms with Gasteiger partial charge in [-0.2, -0.15) is 0 Å². The quantitative estimate of drug-likeness (QED) is 0.0320. The molecule has 0 aliphatic rings. The Morgan fingerprint density at radius 3 is 0.974 bits per heavy atom. The van der Waals surface area contributed by atoms with E-state index < -0.39 is 12.1 Å². The van der Waals surface area contributed by atoms with Gasteiger partial charge in [-0.15, -0.1) is 0 Å². The van der Waals surface area contributed by atoms with Crippen molar-refractivity contribution in [3.63, 3.8) is 0 Å². The van der Waals surface area contributed by atoms with E-state index in [4.69, 9.17) is 4.74 Å². The Morgan fingerprint density at radius 1 is 0.359 bits per heavy atom. The van der Waals surface area contributed by atoms with Gasteiger partial charge in [0.15, 0.2) is 0 Å². The summed E-state index contributed by atoms with van der Waals surface area (Å²) in [4.78, 5) is 24.6. The first-order valence-electron chi connectivity index (χ1n) is 35.6. The Kier molecular flexibility index (Phi) is 66.4. The van der Waals surface area contributed by atoms with Gasteiger partial charge in [-0.05, 0) is 57.8 Å². The fraction of sp³-hybridized carbons (Fsp3) is 0.917. The molecule has 0 fully saturated rings. The van der Waals surface area contributed by atoms with Gasteiger partial charge in [-0.3, -0.25) is 9.59 Å². The molecule has 0 saturated carbocycles. The van der Waals surface area contributed by atoms with Gasteiger partial charge >= 0.3 is 5.97 Å². The maximum absolute atomic E-state index is 12.6. The first-order chi connectivity index (χ1) is 38.5. The minimum Gasteiger partial charge on any atom is -0.466 e. The third-order valence-corrected chi connectivity index (χ3v) is 16.8. The Labute approximate surface area is 488 Å². The number of hydrogen-bond donors (Lipinski definition) is 3. The standard InChI is InChI=1S/C72H139NO5/c1-3-5-7-9-11-13-15-17-18-19-20-21-22-26-29-32-35-38-41-44-48-52-56-60-64-70(75)69(68-74)73-71(76)65-61-57-53-49-45-42-39-36-33-30-27-24-23-25-28-31-34-37-40-43-47-51-55-59-63-67-78-72(77)66-62-58-54-50-46-16-14-12-10-8-6-4-2/h24-25,27-28,69-70,74-75H,3-23,26,29-68H2,1-2H3,(H,73,76)/b27-24-,28-25-. The number of amides is 1. The summed E-state index contributed by atoms with van der Waals surface area (Å²) >= 11 is 0. The van der Waals surface area contributed by atoms with Crippen LogP contribution >= 0.6 is 0 Å². The predicted molar refractivity (Wildman–Crippen MR) is 343 cm³/mol. The van der Waals surface area contributed by atoms with Crippen LogP contribution in [0.25, 0.3) is 0 Å². The Balaban J connectivity index is 3.43. The summed E-state index contributed by atoms with van der Waals surface area (Å²) in [7, 11) is 0. The molecule has 1 amide bonds. The van der Waals surface area contributed by atoms with Crippen molar-refractivity contribution < 1.29 is 24.5 Å². The number of hydrogen-bond acceptors (Lipinski definition) is 5. The van der Waals surface area contributed by atoms with Gasteiger partial charge in [0.05, 0.1) is 25.4 Å². The van der Waals surface area contributed by atoms with Crippen LogP contribution in [-0.2, 0) is 14.3 Å². The molecule has 0 aromatic rings. The summed E-state index contributed by atoms with van der Waals surface area (Å²) in [6.07, 6.45) is 85.1. The molecule has 462 valence electrons. The molecule has 0 spiro atoms. The van der Waals surface area contributed by atoms with Crippen LogP contribution in [0.15, 0.2) is 24.3 Å². The number of carbonyl (C=O) groups excluding carboxylic acids is 2. The van der Waals surface area contributed by atoms with Gasteiger partial charge in [0.25, 0.3) is 0 Å². The fourth-order valence-corrected chi connectivity index (χ4v) is 11.3. The van der Waals surface area contributed by atoms with Crippen LogP contribution in [0.4, 0.5) is 0 Å². The second kappa shape index (κ2) is 67.8. The summed E-state index contributed by atoms with van der Waals surface area (Å²) < 4.78 is 5.48. The van der Waals surface area contributed by atoms with Crippen LogP contribution in [0.3, 0.4) is 0 Å². The lowest BCUT2D eigenvalue weighted by molar-refractivity contribution is -0.143. The van der Waals surface area contributed by atoms with Crippen LogP contribution < -0.4 is 5.32 Å². The molecule has 0 radical (unpaired) electrons. The zero-order valence-corrected chi connectivity index (χ0v) is 52.9. The van der Waals surface area contributed by atoms with Crippen LogP contribution in [0.5, 0.6) is 0 Å². The molecule has 0 aliphatic heterocycles. The SMILES string of the molecule is CCCCCCCCCCCCCCCCCCCCCCCCCCC(O)C(CO)NC(=O)CCCCCCCCCCC/C=C\C/C=C\CCCCCCCCCCCOC(=O)CCCCCCCCCCCCCC. The topological polar surface area (TPSA) is 95.9 Å². The monoisotopic (exact) mass is 1100 g/mol. The normalized spacial score (nSPS) is 12.6. The van der Waals surface area contributed by atoms with E-state index in [9.17, 15) is 19.8 Å². The van der Waals surface area contributed by atoms with Gasteiger partial charge < -0.3 is 20.3 Å². The Hall–Kier alpha value is -1.66. The second-order valence-corrected chi connectivity index (χ2v) is 24.6. The number of carbonyl (C=O) groups is 2. The summed E-state index contributed by atoms with van der Waals surface area (Å²) in [6, 6.07) is -0.547.